The fourth-order valence-corrected chi connectivity index (χ4v) is 3.75. The van der Waals surface area contributed by atoms with Crippen LogP contribution in [0, 0.1) is 6.92 Å². The highest BCUT2D eigenvalue weighted by Gasteiger charge is 2.26. The molecule has 2 aromatic rings. The molecular formula is C17H24N6. The molecule has 23 heavy (non-hydrogen) atoms. The van der Waals surface area contributed by atoms with Gasteiger partial charge in [-0.05, 0) is 44.4 Å². The Balaban J connectivity index is 1.41. The van der Waals surface area contributed by atoms with E-state index in [4.69, 9.17) is 4.98 Å². The summed E-state index contributed by atoms with van der Waals surface area (Å²) in [6, 6.07) is 2.05. The highest BCUT2D eigenvalue weighted by Crippen LogP contribution is 2.28. The van der Waals surface area contributed by atoms with E-state index in [1.165, 1.54) is 30.5 Å². The molecule has 6 nitrogen and oxygen atoms in total. The molecule has 2 fully saturated rings. The second kappa shape index (κ2) is 6.28. The van der Waals surface area contributed by atoms with Gasteiger partial charge in [0.15, 0.2) is 0 Å². The molecule has 6 heteroatoms. The first kappa shape index (κ1) is 14.6. The van der Waals surface area contributed by atoms with Gasteiger partial charge < -0.3 is 4.90 Å². The minimum Gasteiger partial charge on any atom is -0.341 e. The maximum absolute atomic E-state index is 4.78. The molecule has 2 aromatic heterocycles. The lowest BCUT2D eigenvalue weighted by molar-refractivity contribution is 0.322. The van der Waals surface area contributed by atoms with Gasteiger partial charge in [0, 0.05) is 44.0 Å². The largest absolute Gasteiger partial charge is 0.341 e. The normalized spacial score (nSPS) is 22.1. The Morgan fingerprint density at radius 2 is 2.13 bits per heavy atom. The van der Waals surface area contributed by atoms with Gasteiger partial charge >= 0.3 is 0 Å². The Bertz CT molecular complexity index is 661. The number of likely N-dealkylation sites (tertiary alicyclic amines) is 1. The van der Waals surface area contributed by atoms with E-state index in [-0.39, 0.29) is 0 Å². The van der Waals surface area contributed by atoms with Crippen LogP contribution in [-0.4, -0.2) is 51.2 Å². The molecular weight excluding hydrogens is 288 g/mol. The summed E-state index contributed by atoms with van der Waals surface area (Å²) in [7, 11) is 0. The number of aromatic amines is 1. The monoisotopic (exact) mass is 312 g/mol. The molecule has 0 aromatic carbocycles. The molecule has 0 bridgehead atoms. The molecule has 1 atom stereocenters. The van der Waals surface area contributed by atoms with Gasteiger partial charge in [0.2, 0.25) is 5.95 Å². The van der Waals surface area contributed by atoms with Crippen LogP contribution >= 0.6 is 0 Å². The first-order chi connectivity index (χ1) is 11.3. The zero-order valence-electron chi connectivity index (χ0n) is 13.7. The van der Waals surface area contributed by atoms with Crippen LogP contribution in [-0.2, 0) is 6.54 Å². The van der Waals surface area contributed by atoms with Gasteiger partial charge in [-0.25, -0.2) is 9.97 Å². The molecule has 0 saturated carbocycles. The van der Waals surface area contributed by atoms with E-state index in [0.717, 1.165) is 44.4 Å². The Labute approximate surface area is 136 Å². The Morgan fingerprint density at radius 3 is 2.91 bits per heavy atom. The fraction of sp³-hybridized carbons (Fsp3) is 0.588. The summed E-state index contributed by atoms with van der Waals surface area (Å²) in [6.45, 7) is 7.42. The minimum atomic E-state index is 0.567. The highest BCUT2D eigenvalue weighted by atomic mass is 15.3. The molecule has 2 aliphatic rings. The van der Waals surface area contributed by atoms with E-state index in [1.54, 1.807) is 0 Å². The van der Waals surface area contributed by atoms with E-state index in [1.807, 2.05) is 18.5 Å². The summed E-state index contributed by atoms with van der Waals surface area (Å²) in [5, 5.41) is 7.33. The number of hydrogen-bond acceptors (Lipinski definition) is 5. The lowest BCUT2D eigenvalue weighted by Crippen LogP contribution is -2.23. The number of rotatable bonds is 4. The van der Waals surface area contributed by atoms with Crippen LogP contribution in [0.1, 0.15) is 42.1 Å². The van der Waals surface area contributed by atoms with Gasteiger partial charge in [-0.3, -0.25) is 10.00 Å². The molecule has 0 radical (unpaired) electrons. The molecule has 0 aliphatic carbocycles. The predicted octanol–water partition coefficient (Wildman–Crippen LogP) is 2.10. The van der Waals surface area contributed by atoms with Crippen molar-refractivity contribution in [2.75, 3.05) is 31.1 Å². The maximum Gasteiger partial charge on any atom is 0.225 e. The topological polar surface area (TPSA) is 60.9 Å². The van der Waals surface area contributed by atoms with Crippen LogP contribution in [0.3, 0.4) is 0 Å². The van der Waals surface area contributed by atoms with Crippen molar-refractivity contribution in [3.05, 3.63) is 35.4 Å². The third kappa shape index (κ3) is 3.08. The third-order valence-corrected chi connectivity index (χ3v) is 5.02. The van der Waals surface area contributed by atoms with Gasteiger partial charge in [0.1, 0.15) is 0 Å². The Kier molecular flexibility index (Phi) is 3.99. The van der Waals surface area contributed by atoms with E-state index in [9.17, 15) is 0 Å². The second-order valence-electron chi connectivity index (χ2n) is 6.73. The molecule has 1 N–H and O–H groups in total. The molecule has 4 rings (SSSR count). The molecule has 0 spiro atoms. The molecule has 2 saturated heterocycles. The zero-order valence-corrected chi connectivity index (χ0v) is 13.7. The SMILES string of the molecule is Cc1cn[nH]c1C1CCN(Cc2ccnc(N3CCCC3)n2)C1. The van der Waals surface area contributed by atoms with E-state index >= 15 is 0 Å². The molecule has 122 valence electrons. The quantitative estimate of drug-likeness (QED) is 0.937. The summed E-state index contributed by atoms with van der Waals surface area (Å²) in [5.74, 6) is 1.47. The van der Waals surface area contributed by atoms with Crippen molar-refractivity contribution in [2.45, 2.75) is 38.6 Å². The summed E-state index contributed by atoms with van der Waals surface area (Å²) in [4.78, 5) is 14.0. The minimum absolute atomic E-state index is 0.567. The van der Waals surface area contributed by atoms with Crippen LogP contribution in [0.15, 0.2) is 18.5 Å². The van der Waals surface area contributed by atoms with E-state index in [0.29, 0.717) is 5.92 Å². The maximum atomic E-state index is 4.78. The molecule has 4 heterocycles. The Hall–Kier alpha value is -1.95. The summed E-state index contributed by atoms with van der Waals surface area (Å²) in [6.07, 6.45) is 7.52. The third-order valence-electron chi connectivity index (χ3n) is 5.02. The smallest absolute Gasteiger partial charge is 0.225 e. The molecule has 0 amide bonds. The number of anilines is 1. The average Bonchev–Trinajstić information content (AvgIpc) is 3.28. The fourth-order valence-electron chi connectivity index (χ4n) is 3.75. The van der Waals surface area contributed by atoms with Crippen LogP contribution < -0.4 is 4.90 Å². The summed E-state index contributed by atoms with van der Waals surface area (Å²) >= 11 is 0. The number of aryl methyl sites for hydroxylation is 1. The van der Waals surface area contributed by atoms with Crippen molar-refractivity contribution in [3.63, 3.8) is 0 Å². The van der Waals surface area contributed by atoms with Crippen molar-refractivity contribution in [1.29, 1.82) is 0 Å². The second-order valence-corrected chi connectivity index (χ2v) is 6.73. The summed E-state index contributed by atoms with van der Waals surface area (Å²) in [5.41, 5.74) is 3.70. The Morgan fingerprint density at radius 1 is 1.26 bits per heavy atom. The van der Waals surface area contributed by atoms with E-state index < -0.39 is 0 Å². The van der Waals surface area contributed by atoms with E-state index in [2.05, 4.69) is 31.9 Å². The first-order valence-corrected chi connectivity index (χ1v) is 8.58. The van der Waals surface area contributed by atoms with Crippen molar-refractivity contribution < 1.29 is 0 Å². The van der Waals surface area contributed by atoms with Gasteiger partial charge in [-0.2, -0.15) is 5.10 Å². The van der Waals surface area contributed by atoms with Crippen molar-refractivity contribution in [1.82, 2.24) is 25.1 Å². The van der Waals surface area contributed by atoms with Crippen molar-refractivity contribution in [3.8, 4) is 0 Å². The number of aromatic nitrogens is 4. The summed E-state index contributed by atoms with van der Waals surface area (Å²) < 4.78 is 0. The number of H-pyrrole nitrogens is 1. The van der Waals surface area contributed by atoms with Crippen molar-refractivity contribution in [2.24, 2.45) is 0 Å². The van der Waals surface area contributed by atoms with Gasteiger partial charge in [-0.15, -0.1) is 0 Å². The van der Waals surface area contributed by atoms with Crippen LogP contribution in [0.4, 0.5) is 5.95 Å². The standard InChI is InChI=1S/C17H24N6/c1-13-10-19-21-16(13)14-5-9-22(11-14)12-15-4-6-18-17(20-15)23-7-2-3-8-23/h4,6,10,14H,2-3,5,7-9,11-12H2,1H3,(H,19,21). The zero-order chi connectivity index (χ0) is 15.6. The lowest BCUT2D eigenvalue weighted by Gasteiger charge is -2.18. The predicted molar refractivity (Wildman–Crippen MR) is 89.4 cm³/mol. The van der Waals surface area contributed by atoms with Crippen LogP contribution in [0.5, 0.6) is 0 Å². The van der Waals surface area contributed by atoms with Gasteiger partial charge in [0.25, 0.3) is 0 Å². The lowest BCUT2D eigenvalue weighted by atomic mass is 10.0. The van der Waals surface area contributed by atoms with Crippen molar-refractivity contribution >= 4 is 5.95 Å². The highest BCUT2D eigenvalue weighted by molar-refractivity contribution is 5.31. The molecule has 2 aliphatic heterocycles. The average molecular weight is 312 g/mol. The van der Waals surface area contributed by atoms with Crippen LogP contribution in [0.2, 0.25) is 0 Å². The van der Waals surface area contributed by atoms with Gasteiger partial charge in [-0.1, -0.05) is 0 Å². The number of nitrogens with zero attached hydrogens (tertiary/aromatic N) is 5. The van der Waals surface area contributed by atoms with Gasteiger partial charge in [0.05, 0.1) is 11.9 Å². The molecule has 1 unspecified atom stereocenters. The van der Waals surface area contributed by atoms with Crippen LogP contribution in [0.25, 0.3) is 0 Å². The number of nitrogens with one attached hydrogen (secondary N) is 1. The first-order valence-electron chi connectivity index (χ1n) is 8.58. The number of hydrogen-bond donors (Lipinski definition) is 1.